The summed E-state index contributed by atoms with van der Waals surface area (Å²) in [4.78, 5) is 23.5. The molecule has 0 bridgehead atoms. The average Bonchev–Trinajstić information content (AvgIpc) is 2.75. The summed E-state index contributed by atoms with van der Waals surface area (Å²) in [5, 5.41) is 5.81. The molecule has 2 aromatic rings. The van der Waals surface area contributed by atoms with E-state index in [1.165, 1.54) is 0 Å². The highest BCUT2D eigenvalue weighted by molar-refractivity contribution is 6.30. The Morgan fingerprint density at radius 2 is 1.36 bits per heavy atom. The maximum Gasteiger partial charge on any atom is 0.573 e. The van der Waals surface area contributed by atoms with Gasteiger partial charge in [0.05, 0.1) is 0 Å². The van der Waals surface area contributed by atoms with Crippen molar-refractivity contribution in [3.05, 3.63) is 53.3 Å². The van der Waals surface area contributed by atoms with Crippen molar-refractivity contribution in [1.82, 2.24) is 10.6 Å². The average molecular weight is 493 g/mol. The predicted octanol–water partition coefficient (Wildman–Crippen LogP) is 3.85. The molecular weight excluding hydrogens is 472 g/mol. The van der Waals surface area contributed by atoms with Gasteiger partial charge in [0.2, 0.25) is 0 Å². The second-order valence-corrected chi connectivity index (χ2v) is 7.01. The second-order valence-electron chi connectivity index (χ2n) is 6.58. The van der Waals surface area contributed by atoms with Crippen LogP contribution in [0.4, 0.5) is 17.6 Å². The zero-order valence-corrected chi connectivity index (χ0v) is 18.0. The summed E-state index contributed by atoms with van der Waals surface area (Å²) in [6.07, 6.45) is -3.85. The third-order valence-electron chi connectivity index (χ3n) is 3.93. The minimum atomic E-state index is -5.02. The van der Waals surface area contributed by atoms with E-state index in [2.05, 4.69) is 15.4 Å². The van der Waals surface area contributed by atoms with Gasteiger partial charge in [0.25, 0.3) is 11.8 Å². The number of amides is 2. The van der Waals surface area contributed by atoms with Gasteiger partial charge in [-0.05, 0) is 49.2 Å². The first-order valence-electron chi connectivity index (χ1n) is 9.72. The van der Waals surface area contributed by atoms with E-state index in [9.17, 15) is 27.2 Å². The van der Waals surface area contributed by atoms with Crippen LogP contribution in [0.1, 0.15) is 12.8 Å². The minimum Gasteiger partial charge on any atom is -0.484 e. The van der Waals surface area contributed by atoms with Gasteiger partial charge in [-0.3, -0.25) is 9.59 Å². The van der Waals surface area contributed by atoms with Gasteiger partial charge in [0, 0.05) is 24.2 Å². The Labute approximate surface area is 192 Å². The summed E-state index contributed by atoms with van der Waals surface area (Å²) < 4.78 is 63.8. The van der Waals surface area contributed by atoms with Crippen LogP contribution in [0.25, 0.3) is 0 Å². The highest BCUT2D eigenvalue weighted by Gasteiger charge is 2.32. The van der Waals surface area contributed by atoms with Gasteiger partial charge in [-0.25, -0.2) is 4.39 Å². The molecule has 12 heteroatoms. The van der Waals surface area contributed by atoms with E-state index in [1.54, 1.807) is 24.3 Å². The molecule has 7 nitrogen and oxygen atoms in total. The lowest BCUT2D eigenvalue weighted by molar-refractivity contribution is -0.275. The molecule has 0 radical (unpaired) electrons. The Balaban J connectivity index is 1.54. The van der Waals surface area contributed by atoms with Crippen LogP contribution in [0.5, 0.6) is 17.2 Å². The van der Waals surface area contributed by atoms with Crippen LogP contribution >= 0.6 is 11.6 Å². The van der Waals surface area contributed by atoms with Gasteiger partial charge < -0.3 is 24.8 Å². The number of carbonyl (C=O) groups is 2. The molecular formula is C21H21ClF4N2O5. The van der Waals surface area contributed by atoms with Gasteiger partial charge in [0.1, 0.15) is 11.5 Å². The molecule has 0 aliphatic heterocycles. The van der Waals surface area contributed by atoms with E-state index in [-0.39, 0.29) is 18.3 Å². The lowest BCUT2D eigenvalue weighted by atomic mass is 10.3. The van der Waals surface area contributed by atoms with Gasteiger partial charge in [-0.1, -0.05) is 11.6 Å². The smallest absolute Gasteiger partial charge is 0.484 e. The molecule has 0 atom stereocenters. The van der Waals surface area contributed by atoms with Crippen LogP contribution in [-0.2, 0) is 9.59 Å². The number of benzene rings is 2. The fourth-order valence-corrected chi connectivity index (χ4v) is 2.54. The Morgan fingerprint density at radius 1 is 0.848 bits per heavy atom. The summed E-state index contributed by atoms with van der Waals surface area (Å²) in [5.41, 5.74) is 0. The van der Waals surface area contributed by atoms with Crippen molar-refractivity contribution in [3.8, 4) is 17.2 Å². The molecule has 0 fully saturated rings. The zero-order chi connectivity index (χ0) is 24.3. The van der Waals surface area contributed by atoms with Crippen molar-refractivity contribution in [3.63, 3.8) is 0 Å². The van der Waals surface area contributed by atoms with Crippen molar-refractivity contribution in [2.45, 2.75) is 19.2 Å². The number of unbranched alkanes of at least 4 members (excludes halogenated alkanes) is 1. The van der Waals surface area contributed by atoms with E-state index in [0.29, 0.717) is 42.8 Å². The van der Waals surface area contributed by atoms with E-state index in [0.717, 1.165) is 12.1 Å². The number of nitrogens with one attached hydrogen (secondary N) is 2. The molecule has 0 unspecified atom stereocenters. The summed E-state index contributed by atoms with van der Waals surface area (Å²) >= 11 is 5.76. The predicted molar refractivity (Wildman–Crippen MR) is 111 cm³/mol. The molecule has 2 aromatic carbocycles. The maximum absolute atomic E-state index is 13.6. The largest absolute Gasteiger partial charge is 0.573 e. The Bertz CT molecular complexity index is 926. The van der Waals surface area contributed by atoms with Gasteiger partial charge in [-0.2, -0.15) is 0 Å². The third kappa shape index (κ3) is 10.8. The van der Waals surface area contributed by atoms with Crippen LogP contribution < -0.4 is 24.8 Å². The highest BCUT2D eigenvalue weighted by Crippen LogP contribution is 2.28. The molecule has 2 N–H and O–H groups in total. The molecule has 33 heavy (non-hydrogen) atoms. The summed E-state index contributed by atoms with van der Waals surface area (Å²) in [6.45, 7) is 0.115. The zero-order valence-electron chi connectivity index (χ0n) is 17.2. The molecule has 0 aliphatic carbocycles. The monoisotopic (exact) mass is 492 g/mol. The number of hydrogen-bond donors (Lipinski definition) is 2. The van der Waals surface area contributed by atoms with Crippen LogP contribution in [0, 0.1) is 5.82 Å². The first-order valence-corrected chi connectivity index (χ1v) is 10.1. The van der Waals surface area contributed by atoms with E-state index in [1.807, 2.05) is 0 Å². The molecule has 0 heterocycles. The summed E-state index contributed by atoms with van der Waals surface area (Å²) in [7, 11) is 0. The number of ether oxygens (including phenoxy) is 3. The quantitative estimate of drug-likeness (QED) is 0.347. The lowest BCUT2D eigenvalue weighted by Gasteiger charge is -2.11. The molecule has 0 aromatic heterocycles. The standard InChI is InChI=1S/C21H21ClF4N2O5/c22-14-3-5-15(6-4-14)31-12-19(29)27-9-1-2-10-28-20(30)13-32-16-7-8-18(17(23)11-16)33-21(24,25)26/h3-8,11H,1-2,9-10,12-13H2,(H,27,29)(H,28,30). The van der Waals surface area contributed by atoms with Crippen LogP contribution in [0.3, 0.4) is 0 Å². The fraction of sp³-hybridized carbons (Fsp3) is 0.333. The molecule has 2 amide bonds. The summed E-state index contributed by atoms with van der Waals surface area (Å²) in [6, 6.07) is 9.09. The van der Waals surface area contributed by atoms with Gasteiger partial charge >= 0.3 is 6.36 Å². The first-order chi connectivity index (χ1) is 15.6. The molecule has 0 spiro atoms. The van der Waals surface area contributed by atoms with Gasteiger partial charge in [-0.15, -0.1) is 13.2 Å². The molecule has 2 rings (SSSR count). The van der Waals surface area contributed by atoms with Crippen molar-refractivity contribution in [2.75, 3.05) is 26.3 Å². The number of carbonyl (C=O) groups excluding carboxylic acids is 2. The van der Waals surface area contributed by atoms with Crippen molar-refractivity contribution >= 4 is 23.4 Å². The van der Waals surface area contributed by atoms with Crippen molar-refractivity contribution < 1.29 is 41.4 Å². The van der Waals surface area contributed by atoms with E-state index >= 15 is 0 Å². The SMILES string of the molecule is O=C(COc1ccc(Cl)cc1)NCCCCNC(=O)COc1ccc(OC(F)(F)F)c(F)c1. The molecule has 0 aliphatic rings. The van der Waals surface area contributed by atoms with Crippen LogP contribution in [-0.4, -0.2) is 44.5 Å². The Hall–Kier alpha value is -3.21. The van der Waals surface area contributed by atoms with Crippen molar-refractivity contribution in [2.24, 2.45) is 0 Å². The Kier molecular flexibility index (Phi) is 10.0. The second kappa shape index (κ2) is 12.7. The number of halogens is 5. The fourth-order valence-electron chi connectivity index (χ4n) is 2.42. The molecule has 0 saturated carbocycles. The van der Waals surface area contributed by atoms with Gasteiger partial charge in [0.15, 0.2) is 24.8 Å². The number of hydrogen-bond acceptors (Lipinski definition) is 5. The van der Waals surface area contributed by atoms with Crippen molar-refractivity contribution in [1.29, 1.82) is 0 Å². The Morgan fingerprint density at radius 3 is 1.88 bits per heavy atom. The minimum absolute atomic E-state index is 0.124. The van der Waals surface area contributed by atoms with Crippen LogP contribution in [0.15, 0.2) is 42.5 Å². The van der Waals surface area contributed by atoms with E-state index in [4.69, 9.17) is 21.1 Å². The normalized spacial score (nSPS) is 10.9. The molecule has 180 valence electrons. The highest BCUT2D eigenvalue weighted by atomic mass is 35.5. The summed E-state index contributed by atoms with van der Waals surface area (Å²) in [5.74, 6) is -2.66. The number of rotatable bonds is 12. The third-order valence-corrected chi connectivity index (χ3v) is 4.18. The topological polar surface area (TPSA) is 85.9 Å². The first kappa shape index (κ1) is 26.0. The van der Waals surface area contributed by atoms with E-state index < -0.39 is 30.4 Å². The molecule has 0 saturated heterocycles. The van der Waals surface area contributed by atoms with Crippen LogP contribution in [0.2, 0.25) is 5.02 Å². The lowest BCUT2D eigenvalue weighted by Crippen LogP contribution is -2.32. The maximum atomic E-state index is 13.6. The number of alkyl halides is 3.